The Bertz CT molecular complexity index is 906. The largest absolute Gasteiger partial charge is 0.400 e. The van der Waals surface area contributed by atoms with Crippen LogP contribution in [0.5, 0.6) is 0 Å². The Morgan fingerprint density at radius 2 is 1.94 bits per heavy atom. The van der Waals surface area contributed by atoms with Crippen LogP contribution >= 0.6 is 11.3 Å². The Balaban J connectivity index is 0.000000284. The molecule has 1 unspecified atom stereocenters. The highest BCUT2D eigenvalue weighted by Gasteiger charge is 2.06. The first-order valence-corrected chi connectivity index (χ1v) is 11.5. The Kier molecular flexibility index (Phi) is 11.6. The van der Waals surface area contributed by atoms with E-state index in [1.54, 1.807) is 5.38 Å². The van der Waals surface area contributed by atoms with Crippen molar-refractivity contribution in [1.29, 1.82) is 0 Å². The fraction of sp³-hybridized carbons (Fsp3) is 0.500. The monoisotopic (exact) mass is 446 g/mol. The number of benzene rings is 1. The third-order valence-corrected chi connectivity index (χ3v) is 5.61. The molecule has 2 aromatic heterocycles. The predicted octanol–water partition coefficient (Wildman–Crippen LogP) is 4.78. The molecule has 1 fully saturated rings. The second kappa shape index (κ2) is 13.4. The number of nitrogens with one attached hydrogen (secondary N) is 3. The standard InChI is InChI=1S/C13H10N2OS.C5H11N.C5H13N.CH4O/c1-8-4-10-5-9(2-3-12(10)14-8)13-15-11(6-16)7-17-13;1-5-3-2-4-6-5;1-5(2,3)6-4;1-2/h2-7,14H,1H3;5-6H,2-4H2,1H3;6H,1-4H3;2H,1H3. The van der Waals surface area contributed by atoms with Gasteiger partial charge in [-0.3, -0.25) is 4.79 Å². The maximum atomic E-state index is 10.6. The van der Waals surface area contributed by atoms with E-state index in [1.807, 2.05) is 26.1 Å². The van der Waals surface area contributed by atoms with E-state index in [-0.39, 0.29) is 0 Å². The lowest BCUT2D eigenvalue weighted by atomic mass is 10.1. The summed E-state index contributed by atoms with van der Waals surface area (Å²) in [6, 6.07) is 9.05. The summed E-state index contributed by atoms with van der Waals surface area (Å²) in [4.78, 5) is 18.1. The minimum Gasteiger partial charge on any atom is -0.400 e. The van der Waals surface area contributed by atoms with Crippen LogP contribution in [0.3, 0.4) is 0 Å². The molecule has 1 saturated heterocycles. The molecule has 4 rings (SSSR count). The summed E-state index contributed by atoms with van der Waals surface area (Å²) in [5.74, 6) is 0. The molecule has 0 saturated carbocycles. The number of aldehydes is 1. The molecule has 6 nitrogen and oxygen atoms in total. The van der Waals surface area contributed by atoms with E-state index in [4.69, 9.17) is 5.11 Å². The Hall–Kier alpha value is -2.06. The molecule has 3 aromatic rings. The molecule has 1 atom stereocenters. The van der Waals surface area contributed by atoms with Crippen molar-refractivity contribution in [3.8, 4) is 10.6 Å². The molecule has 1 aromatic carbocycles. The average Bonchev–Trinajstić information content (AvgIpc) is 3.49. The van der Waals surface area contributed by atoms with Crippen molar-refractivity contribution in [2.24, 2.45) is 0 Å². The van der Waals surface area contributed by atoms with E-state index in [2.05, 4.69) is 60.4 Å². The van der Waals surface area contributed by atoms with Crippen LogP contribution in [0.25, 0.3) is 21.5 Å². The number of hydrogen-bond donors (Lipinski definition) is 4. The van der Waals surface area contributed by atoms with Gasteiger partial charge in [0.15, 0.2) is 6.29 Å². The van der Waals surface area contributed by atoms with Crippen LogP contribution in [0.15, 0.2) is 29.6 Å². The van der Waals surface area contributed by atoms with Crippen molar-refractivity contribution >= 4 is 28.5 Å². The first-order chi connectivity index (χ1) is 14.7. The quantitative estimate of drug-likeness (QED) is 0.425. The molecule has 0 bridgehead atoms. The van der Waals surface area contributed by atoms with Gasteiger partial charge in [0, 0.05) is 46.2 Å². The highest BCUT2D eigenvalue weighted by Crippen LogP contribution is 2.27. The van der Waals surface area contributed by atoms with E-state index in [0.717, 1.165) is 41.2 Å². The zero-order valence-corrected chi connectivity index (χ0v) is 20.7. The highest BCUT2D eigenvalue weighted by atomic mass is 32.1. The second-order valence-corrected chi connectivity index (χ2v) is 9.31. The Morgan fingerprint density at radius 3 is 2.39 bits per heavy atom. The smallest absolute Gasteiger partial charge is 0.169 e. The lowest BCUT2D eigenvalue weighted by molar-refractivity contribution is 0.111. The third-order valence-electron chi connectivity index (χ3n) is 4.70. The summed E-state index contributed by atoms with van der Waals surface area (Å²) in [7, 11) is 2.96. The number of rotatable bonds is 2. The number of H-pyrrole nitrogens is 1. The van der Waals surface area contributed by atoms with Crippen LogP contribution in [0.4, 0.5) is 0 Å². The van der Waals surface area contributed by atoms with Crippen LogP contribution < -0.4 is 10.6 Å². The van der Waals surface area contributed by atoms with Crippen molar-refractivity contribution in [3.05, 3.63) is 41.0 Å². The maximum absolute atomic E-state index is 10.6. The number of aromatic nitrogens is 2. The fourth-order valence-corrected chi connectivity index (χ4v) is 3.50. The first-order valence-electron chi connectivity index (χ1n) is 10.6. The van der Waals surface area contributed by atoms with Crippen molar-refractivity contribution in [2.75, 3.05) is 20.7 Å². The first kappa shape index (κ1) is 27.0. The number of aromatic amines is 1. The number of thiazole rings is 1. The number of aliphatic hydroxyl groups is 1. The summed E-state index contributed by atoms with van der Waals surface area (Å²) in [5, 5.41) is 17.2. The number of carbonyl (C=O) groups excluding carboxylic acids is 1. The molecule has 1 aliphatic heterocycles. The molecule has 3 heterocycles. The number of fused-ring (bicyclic) bond motifs is 1. The zero-order valence-electron chi connectivity index (χ0n) is 19.9. The molecule has 31 heavy (non-hydrogen) atoms. The van der Waals surface area contributed by atoms with Gasteiger partial charge >= 0.3 is 0 Å². The topological polar surface area (TPSA) is 90.0 Å². The molecule has 0 radical (unpaired) electrons. The van der Waals surface area contributed by atoms with Gasteiger partial charge in [-0.25, -0.2) is 4.98 Å². The zero-order chi connectivity index (χ0) is 23.4. The van der Waals surface area contributed by atoms with Crippen LogP contribution in [0.2, 0.25) is 0 Å². The van der Waals surface area contributed by atoms with Gasteiger partial charge < -0.3 is 20.7 Å². The van der Waals surface area contributed by atoms with Crippen LogP contribution in [0, 0.1) is 6.92 Å². The highest BCUT2D eigenvalue weighted by molar-refractivity contribution is 7.13. The number of aliphatic hydroxyl groups excluding tert-OH is 1. The summed E-state index contributed by atoms with van der Waals surface area (Å²) in [6.07, 6.45) is 3.53. The van der Waals surface area contributed by atoms with Gasteiger partial charge in [0.1, 0.15) is 10.7 Å². The summed E-state index contributed by atoms with van der Waals surface area (Å²) < 4.78 is 0. The van der Waals surface area contributed by atoms with Gasteiger partial charge in [0.2, 0.25) is 0 Å². The average molecular weight is 447 g/mol. The van der Waals surface area contributed by atoms with E-state index in [0.29, 0.717) is 11.2 Å². The SMILES string of the molecule is CC1CCCN1.CNC(C)(C)C.CO.Cc1cc2cc(-c3nc(C=O)cs3)ccc2[nH]1. The van der Waals surface area contributed by atoms with Crippen molar-refractivity contribution in [3.63, 3.8) is 0 Å². The summed E-state index contributed by atoms with van der Waals surface area (Å²) in [6.45, 7) is 11.9. The molecule has 7 heteroatoms. The van der Waals surface area contributed by atoms with Gasteiger partial charge in [-0.1, -0.05) is 0 Å². The van der Waals surface area contributed by atoms with Gasteiger partial charge in [-0.05, 0) is 85.3 Å². The van der Waals surface area contributed by atoms with Crippen molar-refractivity contribution in [1.82, 2.24) is 20.6 Å². The minimum absolute atomic E-state index is 0.292. The number of nitrogens with zero attached hydrogens (tertiary/aromatic N) is 1. The lowest BCUT2D eigenvalue weighted by Crippen LogP contribution is -2.31. The van der Waals surface area contributed by atoms with E-state index in [9.17, 15) is 4.79 Å². The molecular formula is C24H38N4O2S. The minimum atomic E-state index is 0.292. The molecule has 1 aliphatic rings. The predicted molar refractivity (Wildman–Crippen MR) is 133 cm³/mol. The number of hydrogen-bond acceptors (Lipinski definition) is 6. The van der Waals surface area contributed by atoms with Crippen LogP contribution in [-0.4, -0.2) is 53.6 Å². The summed E-state index contributed by atoms with van der Waals surface area (Å²) in [5.41, 5.74) is 4.10. The molecule has 172 valence electrons. The van der Waals surface area contributed by atoms with Crippen LogP contribution in [0.1, 0.15) is 56.7 Å². The second-order valence-electron chi connectivity index (χ2n) is 8.45. The Morgan fingerprint density at radius 1 is 1.26 bits per heavy atom. The lowest BCUT2D eigenvalue weighted by Gasteiger charge is -2.15. The van der Waals surface area contributed by atoms with Gasteiger partial charge in [0.25, 0.3) is 0 Å². The molecule has 0 spiro atoms. The van der Waals surface area contributed by atoms with E-state index >= 15 is 0 Å². The van der Waals surface area contributed by atoms with Gasteiger partial charge in [0.05, 0.1) is 0 Å². The molecular weight excluding hydrogens is 408 g/mol. The number of aryl methyl sites for hydroxylation is 1. The fourth-order valence-electron chi connectivity index (χ4n) is 2.74. The Labute approximate surface area is 190 Å². The summed E-state index contributed by atoms with van der Waals surface area (Å²) >= 11 is 1.49. The van der Waals surface area contributed by atoms with Gasteiger partial charge in [-0.2, -0.15) is 0 Å². The number of carbonyl (C=O) groups is 1. The van der Waals surface area contributed by atoms with E-state index in [1.165, 1.54) is 36.1 Å². The molecule has 4 N–H and O–H groups in total. The van der Waals surface area contributed by atoms with Crippen molar-refractivity contribution in [2.45, 2.75) is 59.0 Å². The van der Waals surface area contributed by atoms with Gasteiger partial charge in [-0.15, -0.1) is 11.3 Å². The molecule has 0 amide bonds. The van der Waals surface area contributed by atoms with Crippen molar-refractivity contribution < 1.29 is 9.90 Å². The van der Waals surface area contributed by atoms with E-state index < -0.39 is 0 Å². The normalized spacial score (nSPS) is 15.2. The van der Waals surface area contributed by atoms with Crippen LogP contribution in [-0.2, 0) is 0 Å². The third kappa shape index (κ3) is 9.74. The maximum Gasteiger partial charge on any atom is 0.169 e. The molecule has 0 aliphatic carbocycles.